The molecule has 4 aromatic rings. The summed E-state index contributed by atoms with van der Waals surface area (Å²) < 4.78 is 5.75. The number of aromatic nitrogens is 1. The van der Waals surface area contributed by atoms with E-state index < -0.39 is 6.09 Å². The first kappa shape index (κ1) is 30.4. The highest BCUT2D eigenvalue weighted by atomic mass is 16.6. The van der Waals surface area contributed by atoms with E-state index in [-0.39, 0.29) is 17.9 Å². The highest BCUT2D eigenvalue weighted by Gasteiger charge is 2.23. The number of carbonyl (C=O) groups excluding carboxylic acids is 3. The van der Waals surface area contributed by atoms with Crippen LogP contribution < -0.4 is 10.6 Å². The highest BCUT2D eigenvalue weighted by Crippen LogP contribution is 2.28. The van der Waals surface area contributed by atoms with Gasteiger partial charge in [-0.2, -0.15) is 0 Å². The van der Waals surface area contributed by atoms with Crippen molar-refractivity contribution >= 4 is 23.6 Å². The van der Waals surface area contributed by atoms with E-state index in [9.17, 15) is 14.4 Å². The summed E-state index contributed by atoms with van der Waals surface area (Å²) in [4.78, 5) is 45.9. The zero-order valence-electron chi connectivity index (χ0n) is 24.8. The first-order chi connectivity index (χ1) is 21.5. The molecule has 0 bridgehead atoms. The number of piperidine rings is 1. The van der Waals surface area contributed by atoms with Gasteiger partial charge in [0.25, 0.3) is 11.8 Å². The third kappa shape index (κ3) is 8.29. The number of rotatable bonds is 10. The summed E-state index contributed by atoms with van der Waals surface area (Å²) in [6.45, 7) is 3.28. The lowest BCUT2D eigenvalue weighted by atomic mass is 10.0. The molecule has 0 saturated carbocycles. The van der Waals surface area contributed by atoms with Gasteiger partial charge in [0.05, 0.1) is 5.69 Å². The van der Waals surface area contributed by atoms with Crippen LogP contribution in [0.2, 0.25) is 0 Å². The van der Waals surface area contributed by atoms with Crippen molar-refractivity contribution in [2.24, 2.45) is 0 Å². The van der Waals surface area contributed by atoms with Crippen molar-refractivity contribution in [3.05, 3.63) is 120 Å². The van der Waals surface area contributed by atoms with E-state index in [1.54, 1.807) is 48.6 Å². The maximum atomic E-state index is 13.0. The van der Waals surface area contributed by atoms with Crippen LogP contribution in [0.15, 0.2) is 103 Å². The highest BCUT2D eigenvalue weighted by molar-refractivity contribution is 5.95. The molecule has 1 aliphatic rings. The van der Waals surface area contributed by atoms with Gasteiger partial charge in [-0.25, -0.2) is 4.79 Å². The zero-order valence-corrected chi connectivity index (χ0v) is 24.8. The minimum atomic E-state index is -0.445. The number of para-hydroxylation sites is 1. The van der Waals surface area contributed by atoms with Crippen LogP contribution >= 0.6 is 0 Å². The number of carbonyl (C=O) groups is 3. The average Bonchev–Trinajstić information content (AvgIpc) is 3.07. The normalized spacial score (nSPS) is 13.6. The molecule has 44 heavy (non-hydrogen) atoms. The van der Waals surface area contributed by atoms with Crippen LogP contribution in [-0.4, -0.2) is 72.0 Å². The largest absolute Gasteiger partial charge is 0.446 e. The van der Waals surface area contributed by atoms with E-state index in [1.807, 2.05) is 66.7 Å². The summed E-state index contributed by atoms with van der Waals surface area (Å²) >= 11 is 0. The van der Waals surface area contributed by atoms with Gasteiger partial charge in [0.1, 0.15) is 6.10 Å². The van der Waals surface area contributed by atoms with Gasteiger partial charge in [-0.3, -0.25) is 19.9 Å². The Kier molecular flexibility index (Phi) is 10.3. The molecular weight excluding hydrogens is 554 g/mol. The summed E-state index contributed by atoms with van der Waals surface area (Å²) in [5.74, 6) is -0.223. The third-order valence-electron chi connectivity index (χ3n) is 7.75. The molecule has 5 rings (SSSR count). The molecule has 1 saturated heterocycles. The smallest absolute Gasteiger partial charge is 0.411 e. The monoisotopic (exact) mass is 591 g/mol. The van der Waals surface area contributed by atoms with Crippen LogP contribution in [0.1, 0.15) is 39.1 Å². The molecule has 0 aliphatic carbocycles. The second-order valence-electron chi connectivity index (χ2n) is 10.8. The van der Waals surface area contributed by atoms with E-state index in [2.05, 4.69) is 20.5 Å². The zero-order chi connectivity index (χ0) is 30.7. The van der Waals surface area contributed by atoms with Crippen LogP contribution in [0, 0.1) is 0 Å². The number of anilines is 1. The molecule has 3 aromatic carbocycles. The van der Waals surface area contributed by atoms with Gasteiger partial charge >= 0.3 is 6.09 Å². The fourth-order valence-corrected chi connectivity index (χ4v) is 5.17. The predicted octanol–water partition coefficient (Wildman–Crippen LogP) is 5.46. The molecule has 9 heteroatoms. The molecule has 0 spiro atoms. The Morgan fingerprint density at radius 1 is 0.864 bits per heavy atom. The molecule has 226 valence electrons. The Balaban J connectivity index is 1.02. The quantitative estimate of drug-likeness (QED) is 0.254. The lowest BCUT2D eigenvalue weighted by Gasteiger charge is -2.32. The number of hydrogen-bond acceptors (Lipinski definition) is 6. The van der Waals surface area contributed by atoms with E-state index in [0.717, 1.165) is 54.9 Å². The van der Waals surface area contributed by atoms with E-state index in [4.69, 9.17) is 4.74 Å². The number of benzene rings is 3. The van der Waals surface area contributed by atoms with Crippen molar-refractivity contribution in [1.82, 2.24) is 20.1 Å². The van der Waals surface area contributed by atoms with E-state index >= 15 is 0 Å². The van der Waals surface area contributed by atoms with Crippen molar-refractivity contribution in [2.75, 3.05) is 38.5 Å². The Labute approximate surface area is 257 Å². The molecule has 9 nitrogen and oxygen atoms in total. The molecule has 1 aliphatic heterocycles. The summed E-state index contributed by atoms with van der Waals surface area (Å²) in [5.41, 5.74) is 4.75. The number of ether oxygens (including phenoxy) is 1. The predicted molar refractivity (Wildman–Crippen MR) is 170 cm³/mol. The van der Waals surface area contributed by atoms with Crippen LogP contribution in [0.4, 0.5) is 10.5 Å². The SMILES string of the molecule is CN(CCN1CCC(OC(=O)Nc2ccccc2-c2ccccc2)CC1)C(=O)c1ccc(CNC(=O)c2ccncc2)cc1. The van der Waals surface area contributed by atoms with Gasteiger partial charge in [-0.1, -0.05) is 60.7 Å². The summed E-state index contributed by atoms with van der Waals surface area (Å²) in [7, 11) is 1.80. The molecule has 0 unspecified atom stereocenters. The number of likely N-dealkylation sites (N-methyl/N-ethyl adjacent to an activating group) is 1. The first-order valence-corrected chi connectivity index (χ1v) is 14.8. The van der Waals surface area contributed by atoms with Crippen LogP contribution in [-0.2, 0) is 11.3 Å². The van der Waals surface area contributed by atoms with Crippen molar-refractivity contribution in [1.29, 1.82) is 0 Å². The summed E-state index contributed by atoms with van der Waals surface area (Å²) in [5, 5.41) is 5.80. The number of nitrogens with zero attached hydrogens (tertiary/aromatic N) is 3. The van der Waals surface area contributed by atoms with Crippen molar-refractivity contribution in [3.8, 4) is 11.1 Å². The minimum absolute atomic E-state index is 0.0527. The van der Waals surface area contributed by atoms with Gasteiger partial charge in [0.2, 0.25) is 0 Å². The topological polar surface area (TPSA) is 104 Å². The lowest BCUT2D eigenvalue weighted by molar-refractivity contribution is 0.0540. The molecule has 3 amide bonds. The van der Waals surface area contributed by atoms with Crippen molar-refractivity contribution in [2.45, 2.75) is 25.5 Å². The molecule has 1 aromatic heterocycles. The number of hydrogen-bond donors (Lipinski definition) is 2. The maximum Gasteiger partial charge on any atom is 0.411 e. The van der Waals surface area contributed by atoms with Gasteiger partial charge in [-0.05, 0) is 54.3 Å². The summed E-state index contributed by atoms with van der Waals surface area (Å²) in [6.07, 6.45) is 4.05. The first-order valence-electron chi connectivity index (χ1n) is 14.8. The molecule has 0 radical (unpaired) electrons. The molecule has 0 atom stereocenters. The second kappa shape index (κ2) is 14.9. The third-order valence-corrected chi connectivity index (χ3v) is 7.75. The Morgan fingerprint density at radius 3 is 2.27 bits per heavy atom. The van der Waals surface area contributed by atoms with Crippen molar-refractivity contribution < 1.29 is 19.1 Å². The van der Waals surface area contributed by atoms with Gasteiger partial charge < -0.3 is 19.9 Å². The number of amides is 3. The molecule has 2 N–H and O–H groups in total. The van der Waals surface area contributed by atoms with Gasteiger partial charge in [-0.15, -0.1) is 0 Å². The Bertz CT molecular complexity index is 1540. The molecular formula is C35H37N5O4. The van der Waals surface area contributed by atoms with Crippen LogP contribution in [0.25, 0.3) is 11.1 Å². The van der Waals surface area contributed by atoms with Gasteiger partial charge in [0.15, 0.2) is 0 Å². The van der Waals surface area contributed by atoms with Crippen LogP contribution in [0.5, 0.6) is 0 Å². The lowest BCUT2D eigenvalue weighted by Crippen LogP contribution is -2.42. The fraction of sp³-hybridized carbons (Fsp3) is 0.257. The minimum Gasteiger partial charge on any atom is -0.446 e. The standard InChI is InChI=1S/C35H37N5O4/c1-39(34(42)29-13-11-26(12-14-29)25-37-33(41)28-15-19-36-20-16-28)23-24-40-21-17-30(18-22-40)44-35(43)38-32-10-6-5-9-31(32)27-7-3-2-4-8-27/h2-16,19-20,30H,17-18,21-25H2,1H3,(H,37,41)(H,38,43). The molecule has 1 fully saturated rings. The van der Waals surface area contributed by atoms with Crippen molar-refractivity contribution in [3.63, 3.8) is 0 Å². The molecule has 2 heterocycles. The number of pyridine rings is 1. The maximum absolute atomic E-state index is 13.0. The average molecular weight is 592 g/mol. The Hall–Kier alpha value is -5.02. The van der Waals surface area contributed by atoms with Crippen LogP contribution in [0.3, 0.4) is 0 Å². The fourth-order valence-electron chi connectivity index (χ4n) is 5.17. The van der Waals surface area contributed by atoms with E-state index in [0.29, 0.717) is 24.2 Å². The number of likely N-dealkylation sites (tertiary alicyclic amines) is 1. The number of nitrogens with one attached hydrogen (secondary N) is 2. The second-order valence-corrected chi connectivity index (χ2v) is 10.8. The summed E-state index contributed by atoms with van der Waals surface area (Å²) in [6, 6.07) is 28.3. The van der Waals surface area contributed by atoms with Gasteiger partial charge in [0, 0.05) is 68.9 Å². The Morgan fingerprint density at radius 2 is 1.55 bits per heavy atom. The van der Waals surface area contributed by atoms with E-state index in [1.165, 1.54) is 0 Å².